The molecule has 1 amide bonds. The fraction of sp³-hybridized carbons (Fsp3) is 0.364. The zero-order chi connectivity index (χ0) is 21.4. The molecule has 0 aliphatic carbocycles. The van der Waals surface area contributed by atoms with E-state index in [-0.39, 0.29) is 23.5 Å². The highest BCUT2D eigenvalue weighted by Crippen LogP contribution is 2.32. The van der Waals surface area contributed by atoms with Gasteiger partial charge in [-0.25, -0.2) is 8.42 Å². The van der Waals surface area contributed by atoms with Crippen LogP contribution in [0.1, 0.15) is 23.0 Å². The van der Waals surface area contributed by atoms with Gasteiger partial charge in [-0.3, -0.25) is 9.48 Å². The van der Waals surface area contributed by atoms with Crippen molar-refractivity contribution < 1.29 is 13.2 Å². The van der Waals surface area contributed by atoms with E-state index >= 15 is 0 Å². The smallest absolute Gasteiger partial charge is 0.274 e. The fourth-order valence-electron chi connectivity index (χ4n) is 4.32. The summed E-state index contributed by atoms with van der Waals surface area (Å²) in [7, 11) is -3.05. The highest BCUT2D eigenvalue weighted by molar-refractivity contribution is 7.91. The first-order valence-corrected chi connectivity index (χ1v) is 13.1. The monoisotopic (exact) mass is 456 g/mol. The topological polar surface area (TPSA) is 75.5 Å². The van der Waals surface area contributed by atoms with Crippen molar-refractivity contribution >= 4 is 32.8 Å². The number of para-hydroxylation sites is 1. The quantitative estimate of drug-likeness (QED) is 0.603. The molecule has 1 aromatic carbocycles. The summed E-state index contributed by atoms with van der Waals surface area (Å²) >= 11 is 1.57. The van der Waals surface area contributed by atoms with Crippen molar-refractivity contribution in [2.24, 2.45) is 0 Å². The van der Waals surface area contributed by atoms with E-state index in [1.165, 1.54) is 5.69 Å². The molecule has 0 radical (unpaired) electrons. The van der Waals surface area contributed by atoms with E-state index in [1.54, 1.807) is 16.0 Å². The minimum Gasteiger partial charge on any atom is -0.368 e. The lowest BCUT2D eigenvalue weighted by Crippen LogP contribution is -2.48. The molecule has 4 heterocycles. The summed E-state index contributed by atoms with van der Waals surface area (Å²) in [5, 5.41) is 6.59. The summed E-state index contributed by atoms with van der Waals surface area (Å²) < 4.78 is 25.8. The van der Waals surface area contributed by atoms with Gasteiger partial charge in [0, 0.05) is 31.9 Å². The number of nitrogens with zero attached hydrogens (tertiary/aromatic N) is 4. The van der Waals surface area contributed by atoms with Gasteiger partial charge in [-0.1, -0.05) is 24.3 Å². The molecule has 162 valence electrons. The number of aromatic nitrogens is 2. The van der Waals surface area contributed by atoms with Crippen LogP contribution in [0.15, 0.2) is 53.9 Å². The van der Waals surface area contributed by atoms with Crippen LogP contribution in [-0.2, 0) is 9.84 Å². The number of benzene rings is 1. The van der Waals surface area contributed by atoms with Crippen LogP contribution in [0.2, 0.25) is 0 Å². The molecule has 2 aliphatic rings. The molecular weight excluding hydrogens is 432 g/mol. The highest BCUT2D eigenvalue weighted by atomic mass is 32.2. The minimum absolute atomic E-state index is 0.0798. The number of anilines is 1. The highest BCUT2D eigenvalue weighted by Gasteiger charge is 2.33. The lowest BCUT2D eigenvalue weighted by molar-refractivity contribution is 0.0739. The molecule has 3 aromatic rings. The maximum absolute atomic E-state index is 13.2. The summed E-state index contributed by atoms with van der Waals surface area (Å²) in [5.74, 6) is 0.160. The number of rotatable bonds is 4. The van der Waals surface area contributed by atoms with Crippen LogP contribution in [-0.4, -0.2) is 66.7 Å². The van der Waals surface area contributed by atoms with Crippen LogP contribution in [0.3, 0.4) is 0 Å². The summed E-state index contributed by atoms with van der Waals surface area (Å²) in [6.07, 6.45) is 0.534. The van der Waals surface area contributed by atoms with Gasteiger partial charge in [-0.2, -0.15) is 5.10 Å². The normalized spacial score (nSPS) is 20.8. The molecule has 31 heavy (non-hydrogen) atoms. The van der Waals surface area contributed by atoms with Crippen molar-refractivity contribution in [2.75, 3.05) is 42.6 Å². The standard InChI is InChI=1S/C22H24N4O3S2/c27-22(25-11-9-24(10-12-25)17-5-2-1-3-6-17)19-15-20(21-7-4-13-30-21)26(23-19)18-8-14-31(28,29)16-18/h1-7,13,15,18H,8-12,14,16H2. The van der Waals surface area contributed by atoms with E-state index in [0.29, 0.717) is 25.2 Å². The third-order valence-corrected chi connectivity index (χ3v) is 8.61. The van der Waals surface area contributed by atoms with Gasteiger partial charge in [-0.05, 0) is 36.1 Å². The molecule has 0 N–H and O–H groups in total. The zero-order valence-corrected chi connectivity index (χ0v) is 18.7. The Kier molecular flexibility index (Phi) is 5.31. The van der Waals surface area contributed by atoms with Gasteiger partial charge >= 0.3 is 0 Å². The summed E-state index contributed by atoms with van der Waals surface area (Å²) in [6.45, 7) is 2.81. The van der Waals surface area contributed by atoms with Crippen molar-refractivity contribution in [2.45, 2.75) is 12.5 Å². The lowest BCUT2D eigenvalue weighted by atomic mass is 10.2. The molecular formula is C22H24N4O3S2. The molecule has 1 atom stereocenters. The van der Waals surface area contributed by atoms with E-state index in [2.05, 4.69) is 22.1 Å². The van der Waals surface area contributed by atoms with E-state index < -0.39 is 9.84 Å². The van der Waals surface area contributed by atoms with Crippen molar-refractivity contribution in [3.63, 3.8) is 0 Å². The van der Waals surface area contributed by atoms with Crippen molar-refractivity contribution in [1.29, 1.82) is 0 Å². The predicted molar refractivity (Wildman–Crippen MR) is 122 cm³/mol. The molecule has 0 saturated carbocycles. The SMILES string of the molecule is O=C(c1cc(-c2cccs2)n(C2CCS(=O)(=O)C2)n1)N1CCN(c2ccccc2)CC1. The number of amides is 1. The molecule has 2 aromatic heterocycles. The van der Waals surface area contributed by atoms with Crippen LogP contribution in [0.4, 0.5) is 5.69 Å². The molecule has 2 fully saturated rings. The van der Waals surface area contributed by atoms with Crippen LogP contribution in [0.5, 0.6) is 0 Å². The van der Waals surface area contributed by atoms with Gasteiger partial charge in [0.2, 0.25) is 0 Å². The first-order valence-electron chi connectivity index (χ1n) is 10.4. The fourth-order valence-corrected chi connectivity index (χ4v) is 6.75. The number of sulfone groups is 1. The van der Waals surface area contributed by atoms with Crippen molar-refractivity contribution in [3.8, 4) is 10.6 Å². The van der Waals surface area contributed by atoms with Crippen molar-refractivity contribution in [3.05, 3.63) is 59.6 Å². The van der Waals surface area contributed by atoms with E-state index in [4.69, 9.17) is 0 Å². The molecule has 5 rings (SSSR count). The number of piperazine rings is 1. The maximum Gasteiger partial charge on any atom is 0.274 e. The van der Waals surface area contributed by atoms with Gasteiger partial charge in [0.05, 0.1) is 28.1 Å². The Morgan fingerprint density at radius 2 is 1.81 bits per heavy atom. The predicted octanol–water partition coefficient (Wildman–Crippen LogP) is 2.93. The van der Waals surface area contributed by atoms with Gasteiger partial charge in [0.15, 0.2) is 15.5 Å². The van der Waals surface area contributed by atoms with Crippen LogP contribution in [0, 0.1) is 0 Å². The van der Waals surface area contributed by atoms with Gasteiger partial charge < -0.3 is 9.80 Å². The number of hydrogen-bond acceptors (Lipinski definition) is 6. The lowest BCUT2D eigenvalue weighted by Gasteiger charge is -2.35. The Hall–Kier alpha value is -2.65. The van der Waals surface area contributed by atoms with E-state index in [1.807, 2.05) is 46.7 Å². The minimum atomic E-state index is -3.05. The third kappa shape index (κ3) is 4.12. The second-order valence-corrected chi connectivity index (χ2v) is 11.2. The average molecular weight is 457 g/mol. The Balaban J connectivity index is 1.37. The average Bonchev–Trinajstić information content (AvgIpc) is 3.53. The molecule has 9 heteroatoms. The second kappa shape index (κ2) is 8.12. The first-order chi connectivity index (χ1) is 15.0. The van der Waals surface area contributed by atoms with Crippen molar-refractivity contribution in [1.82, 2.24) is 14.7 Å². The Labute approximate surface area is 185 Å². The Morgan fingerprint density at radius 3 is 2.45 bits per heavy atom. The molecule has 1 unspecified atom stereocenters. The van der Waals surface area contributed by atoms with Crippen LogP contribution >= 0.6 is 11.3 Å². The molecule has 2 saturated heterocycles. The van der Waals surface area contributed by atoms with Gasteiger partial charge in [0.25, 0.3) is 5.91 Å². The summed E-state index contributed by atoms with van der Waals surface area (Å²) in [6, 6.07) is 15.7. The largest absolute Gasteiger partial charge is 0.368 e. The Morgan fingerprint density at radius 1 is 1.03 bits per heavy atom. The maximum atomic E-state index is 13.2. The Bertz CT molecular complexity index is 1160. The van der Waals surface area contributed by atoms with E-state index in [9.17, 15) is 13.2 Å². The summed E-state index contributed by atoms with van der Waals surface area (Å²) in [4.78, 5) is 18.4. The zero-order valence-electron chi connectivity index (χ0n) is 17.1. The molecule has 2 aliphatic heterocycles. The number of carbonyl (C=O) groups excluding carboxylic acids is 1. The number of carbonyl (C=O) groups is 1. The summed E-state index contributed by atoms with van der Waals surface area (Å²) in [5.41, 5.74) is 2.38. The number of thiophene rings is 1. The van der Waals surface area contributed by atoms with E-state index in [0.717, 1.165) is 23.7 Å². The number of hydrogen-bond donors (Lipinski definition) is 0. The molecule has 0 bridgehead atoms. The third-order valence-electron chi connectivity index (χ3n) is 5.97. The molecule has 0 spiro atoms. The van der Waals surface area contributed by atoms with Gasteiger partial charge in [0.1, 0.15) is 0 Å². The first kappa shape index (κ1) is 20.3. The second-order valence-electron chi connectivity index (χ2n) is 8.01. The van der Waals surface area contributed by atoms with Crippen LogP contribution < -0.4 is 4.90 Å². The van der Waals surface area contributed by atoms with Crippen LogP contribution in [0.25, 0.3) is 10.6 Å². The van der Waals surface area contributed by atoms with Gasteiger partial charge in [-0.15, -0.1) is 11.3 Å². The molecule has 7 nitrogen and oxygen atoms in total.